The van der Waals surface area contributed by atoms with Crippen LogP contribution in [0.15, 0.2) is 0 Å². The molecule has 86 valence electrons. The molecule has 3 nitrogen and oxygen atoms in total. The number of aromatic amines is 1. The van der Waals surface area contributed by atoms with Gasteiger partial charge in [-0.25, -0.2) is 0 Å². The molecule has 0 radical (unpaired) electrons. The summed E-state index contributed by atoms with van der Waals surface area (Å²) in [7, 11) is 0. The Kier molecular flexibility index (Phi) is 4.51. The van der Waals surface area contributed by atoms with Crippen LogP contribution in [0.2, 0.25) is 0 Å². The first-order valence-electron chi connectivity index (χ1n) is 5.75. The van der Waals surface area contributed by atoms with Gasteiger partial charge in [-0.2, -0.15) is 5.10 Å². The Balaban J connectivity index is 3.02. The van der Waals surface area contributed by atoms with Gasteiger partial charge in [0.05, 0.1) is 0 Å². The molecule has 0 aliphatic heterocycles. The van der Waals surface area contributed by atoms with Gasteiger partial charge in [0.2, 0.25) is 0 Å². The maximum absolute atomic E-state index is 5.25. The van der Waals surface area contributed by atoms with Crippen LogP contribution in [-0.4, -0.2) is 14.8 Å². The van der Waals surface area contributed by atoms with E-state index in [-0.39, 0.29) is 0 Å². The van der Waals surface area contributed by atoms with Gasteiger partial charge in [-0.05, 0) is 31.0 Å². The lowest BCUT2D eigenvalue weighted by molar-refractivity contribution is 0.474. The summed E-state index contributed by atoms with van der Waals surface area (Å²) in [5.74, 6) is 2.25. The average Bonchev–Trinajstić information content (AvgIpc) is 2.51. The molecule has 0 aliphatic rings. The highest BCUT2D eigenvalue weighted by atomic mass is 32.1. The molecule has 4 heteroatoms. The van der Waals surface area contributed by atoms with Gasteiger partial charge in [-0.1, -0.05) is 27.7 Å². The van der Waals surface area contributed by atoms with E-state index in [9.17, 15) is 0 Å². The van der Waals surface area contributed by atoms with Crippen LogP contribution < -0.4 is 0 Å². The number of nitrogens with zero attached hydrogens (tertiary/aromatic N) is 2. The summed E-state index contributed by atoms with van der Waals surface area (Å²) in [6, 6.07) is 0. The summed E-state index contributed by atoms with van der Waals surface area (Å²) >= 11 is 5.25. The smallest absolute Gasteiger partial charge is 0.195 e. The molecule has 0 fully saturated rings. The molecule has 1 N–H and O–H groups in total. The minimum atomic E-state index is 0.525. The van der Waals surface area contributed by atoms with Crippen LogP contribution in [0.3, 0.4) is 0 Å². The minimum absolute atomic E-state index is 0.525. The minimum Gasteiger partial charge on any atom is -0.304 e. The second-order valence-electron chi connectivity index (χ2n) is 4.40. The molecule has 0 aromatic carbocycles. The predicted molar refractivity (Wildman–Crippen MR) is 65.6 cm³/mol. The van der Waals surface area contributed by atoms with Crippen molar-refractivity contribution in [3.8, 4) is 0 Å². The molecular weight excluding hydrogens is 206 g/mol. The van der Waals surface area contributed by atoms with E-state index >= 15 is 0 Å². The Hall–Kier alpha value is -0.640. The van der Waals surface area contributed by atoms with Gasteiger partial charge in [0.15, 0.2) is 4.77 Å². The summed E-state index contributed by atoms with van der Waals surface area (Å²) in [5.41, 5.74) is 0. The van der Waals surface area contributed by atoms with Gasteiger partial charge in [0.25, 0.3) is 0 Å². The lowest BCUT2D eigenvalue weighted by atomic mass is 10.0. The van der Waals surface area contributed by atoms with Crippen LogP contribution in [-0.2, 0) is 6.54 Å². The first-order chi connectivity index (χ1) is 7.10. The number of aromatic nitrogens is 3. The summed E-state index contributed by atoms with van der Waals surface area (Å²) in [4.78, 5) is 0. The number of H-pyrrole nitrogens is 1. The molecule has 0 bridgehead atoms. The first-order valence-corrected chi connectivity index (χ1v) is 6.16. The van der Waals surface area contributed by atoms with Crippen LogP contribution in [0.5, 0.6) is 0 Å². The molecule has 0 amide bonds. The maximum atomic E-state index is 5.25. The Morgan fingerprint density at radius 1 is 1.33 bits per heavy atom. The molecule has 0 unspecified atom stereocenters. The Bertz CT molecular complexity index is 347. The van der Waals surface area contributed by atoms with Crippen molar-refractivity contribution in [1.29, 1.82) is 0 Å². The molecule has 0 atom stereocenters. The fourth-order valence-corrected chi connectivity index (χ4v) is 2.05. The Morgan fingerprint density at radius 3 is 2.40 bits per heavy atom. The highest BCUT2D eigenvalue weighted by Crippen LogP contribution is 2.21. The lowest BCUT2D eigenvalue weighted by Crippen LogP contribution is -2.12. The van der Waals surface area contributed by atoms with Crippen LogP contribution in [0.25, 0.3) is 0 Å². The lowest BCUT2D eigenvalue weighted by Gasteiger charge is -2.15. The fraction of sp³-hybridized carbons (Fsp3) is 0.818. The van der Waals surface area contributed by atoms with E-state index in [1.165, 1.54) is 0 Å². The Morgan fingerprint density at radius 2 is 1.93 bits per heavy atom. The van der Waals surface area contributed by atoms with E-state index in [1.807, 2.05) is 0 Å². The third-order valence-electron chi connectivity index (χ3n) is 2.69. The van der Waals surface area contributed by atoms with Crippen LogP contribution >= 0.6 is 12.2 Å². The second-order valence-corrected chi connectivity index (χ2v) is 4.79. The fourth-order valence-electron chi connectivity index (χ4n) is 1.84. The molecule has 0 saturated heterocycles. The molecule has 1 aromatic heterocycles. The topological polar surface area (TPSA) is 33.6 Å². The second kappa shape index (κ2) is 5.45. The predicted octanol–water partition coefficient (Wildman–Crippen LogP) is 3.50. The van der Waals surface area contributed by atoms with Crippen molar-refractivity contribution < 1.29 is 0 Å². The van der Waals surface area contributed by atoms with E-state index in [0.29, 0.717) is 11.8 Å². The molecule has 1 heterocycles. The van der Waals surface area contributed by atoms with Gasteiger partial charge >= 0.3 is 0 Å². The zero-order valence-electron chi connectivity index (χ0n) is 10.1. The van der Waals surface area contributed by atoms with E-state index in [1.54, 1.807) is 0 Å². The van der Waals surface area contributed by atoms with Crippen molar-refractivity contribution in [2.75, 3.05) is 0 Å². The molecule has 0 aliphatic carbocycles. The zero-order valence-corrected chi connectivity index (χ0v) is 10.9. The monoisotopic (exact) mass is 227 g/mol. The molecular formula is C11H21N3S. The Labute approximate surface area is 96.9 Å². The van der Waals surface area contributed by atoms with E-state index in [0.717, 1.165) is 30.0 Å². The van der Waals surface area contributed by atoms with Crippen LogP contribution in [0, 0.1) is 10.7 Å². The molecule has 0 spiro atoms. The number of hydrogen-bond acceptors (Lipinski definition) is 2. The first kappa shape index (κ1) is 12.4. The molecule has 1 aromatic rings. The van der Waals surface area contributed by atoms with Crippen molar-refractivity contribution in [2.24, 2.45) is 5.92 Å². The SMILES string of the molecule is CCC(CC)c1n[nH]c(=S)n1CC(C)C. The third-order valence-corrected chi connectivity index (χ3v) is 3.00. The van der Waals surface area contributed by atoms with E-state index < -0.39 is 0 Å². The van der Waals surface area contributed by atoms with Crippen molar-refractivity contribution in [2.45, 2.75) is 53.0 Å². The summed E-state index contributed by atoms with van der Waals surface area (Å²) in [5, 5.41) is 7.26. The highest BCUT2D eigenvalue weighted by molar-refractivity contribution is 7.71. The standard InChI is InChI=1S/C11H21N3S/c1-5-9(6-2)10-12-13-11(15)14(10)7-8(3)4/h8-9H,5-7H2,1-4H3,(H,13,15). The van der Waals surface area contributed by atoms with E-state index in [4.69, 9.17) is 12.2 Å². The van der Waals surface area contributed by atoms with Gasteiger partial charge in [0, 0.05) is 12.5 Å². The van der Waals surface area contributed by atoms with Crippen LogP contribution in [0.4, 0.5) is 0 Å². The summed E-state index contributed by atoms with van der Waals surface area (Å²) in [6.07, 6.45) is 2.24. The normalized spacial score (nSPS) is 11.6. The quantitative estimate of drug-likeness (QED) is 0.781. The van der Waals surface area contributed by atoms with Crippen molar-refractivity contribution in [1.82, 2.24) is 14.8 Å². The zero-order chi connectivity index (χ0) is 11.4. The third kappa shape index (κ3) is 2.91. The summed E-state index contributed by atoms with van der Waals surface area (Å²) < 4.78 is 2.91. The van der Waals surface area contributed by atoms with Gasteiger partial charge in [0.1, 0.15) is 5.82 Å². The average molecular weight is 227 g/mol. The van der Waals surface area contributed by atoms with Gasteiger partial charge < -0.3 is 4.57 Å². The van der Waals surface area contributed by atoms with Crippen LogP contribution in [0.1, 0.15) is 52.3 Å². The number of hydrogen-bond donors (Lipinski definition) is 1. The summed E-state index contributed by atoms with van der Waals surface area (Å²) in [6.45, 7) is 9.76. The van der Waals surface area contributed by atoms with Crippen molar-refractivity contribution >= 4 is 12.2 Å². The molecule has 15 heavy (non-hydrogen) atoms. The largest absolute Gasteiger partial charge is 0.304 e. The van der Waals surface area contributed by atoms with E-state index in [2.05, 4.69) is 42.5 Å². The van der Waals surface area contributed by atoms with Gasteiger partial charge in [-0.3, -0.25) is 5.10 Å². The maximum Gasteiger partial charge on any atom is 0.195 e. The molecule has 1 rings (SSSR count). The molecule has 0 saturated carbocycles. The number of nitrogens with one attached hydrogen (secondary N) is 1. The van der Waals surface area contributed by atoms with Crippen molar-refractivity contribution in [3.63, 3.8) is 0 Å². The number of rotatable bonds is 5. The highest BCUT2D eigenvalue weighted by Gasteiger charge is 2.15. The van der Waals surface area contributed by atoms with Gasteiger partial charge in [-0.15, -0.1) is 0 Å². The van der Waals surface area contributed by atoms with Crippen molar-refractivity contribution in [3.05, 3.63) is 10.6 Å².